The van der Waals surface area contributed by atoms with Gasteiger partial charge >= 0.3 is 6.36 Å². The number of halogens is 3. The zero-order chi connectivity index (χ0) is 18.7. The number of nitrogens with zero attached hydrogens (tertiary/aromatic N) is 1. The van der Waals surface area contributed by atoms with E-state index in [0.29, 0.717) is 5.56 Å². The number of aromatic nitrogens is 1. The van der Waals surface area contributed by atoms with Gasteiger partial charge in [-0.25, -0.2) is 0 Å². The minimum atomic E-state index is -4.95. The number of carbonyl (C=O) groups excluding carboxylic acids is 1. The zero-order valence-electron chi connectivity index (χ0n) is 13.3. The molecule has 0 aliphatic heterocycles. The summed E-state index contributed by atoms with van der Waals surface area (Å²) in [7, 11) is 0. The van der Waals surface area contributed by atoms with Gasteiger partial charge in [-0.1, -0.05) is 30.3 Å². The maximum absolute atomic E-state index is 12.9. The van der Waals surface area contributed by atoms with Crippen LogP contribution in [0.25, 0.3) is 11.1 Å². The van der Waals surface area contributed by atoms with Crippen molar-refractivity contribution in [3.05, 3.63) is 78.1 Å². The average Bonchev–Trinajstić information content (AvgIpc) is 2.63. The second-order valence-electron chi connectivity index (χ2n) is 5.39. The molecule has 0 atom stereocenters. The highest BCUT2D eigenvalue weighted by Crippen LogP contribution is 2.40. The van der Waals surface area contributed by atoms with E-state index in [1.54, 1.807) is 36.4 Å². The fourth-order valence-electron chi connectivity index (χ4n) is 2.52. The first kappa shape index (κ1) is 17.5. The lowest BCUT2D eigenvalue weighted by molar-refractivity contribution is -0.274. The van der Waals surface area contributed by atoms with Gasteiger partial charge < -0.3 is 10.5 Å². The number of benzene rings is 2. The highest BCUT2D eigenvalue weighted by atomic mass is 19.4. The van der Waals surface area contributed by atoms with Gasteiger partial charge in [-0.2, -0.15) is 0 Å². The predicted molar refractivity (Wildman–Crippen MR) is 90.6 cm³/mol. The Morgan fingerprint density at radius 2 is 1.73 bits per heavy atom. The number of rotatable bonds is 4. The molecule has 0 bridgehead atoms. The summed E-state index contributed by atoms with van der Waals surface area (Å²) < 4.78 is 42.9. The Kier molecular flexibility index (Phi) is 4.62. The largest absolute Gasteiger partial charge is 0.573 e. The van der Waals surface area contributed by atoms with Crippen LogP contribution in [0.2, 0.25) is 0 Å². The number of pyridine rings is 1. The first-order chi connectivity index (χ1) is 12.4. The Balaban J connectivity index is 2.15. The van der Waals surface area contributed by atoms with Gasteiger partial charge in [0.2, 0.25) is 0 Å². The molecule has 0 saturated heterocycles. The maximum Gasteiger partial charge on any atom is 0.573 e. The number of ketones is 1. The second-order valence-corrected chi connectivity index (χ2v) is 5.39. The molecule has 132 valence electrons. The molecular formula is C19H13F3N2O2. The molecule has 0 fully saturated rings. The smallest absolute Gasteiger partial charge is 0.403 e. The van der Waals surface area contributed by atoms with Gasteiger partial charge in [0.1, 0.15) is 0 Å². The number of anilines is 1. The van der Waals surface area contributed by atoms with Crippen LogP contribution in [0, 0.1) is 0 Å². The minimum Gasteiger partial charge on any atom is -0.403 e. The predicted octanol–water partition coefficient (Wildman–Crippen LogP) is 4.46. The van der Waals surface area contributed by atoms with Gasteiger partial charge in [0.25, 0.3) is 0 Å². The molecule has 1 heterocycles. The molecule has 1 aromatic heterocycles. The molecule has 4 nitrogen and oxygen atoms in total. The summed E-state index contributed by atoms with van der Waals surface area (Å²) in [5, 5.41) is 0. The summed E-state index contributed by atoms with van der Waals surface area (Å²) in [5.74, 6) is -1.14. The van der Waals surface area contributed by atoms with Crippen molar-refractivity contribution in [3.8, 4) is 16.9 Å². The first-order valence-electron chi connectivity index (χ1n) is 7.55. The molecule has 3 rings (SSSR count). The van der Waals surface area contributed by atoms with Crippen molar-refractivity contribution >= 4 is 11.5 Å². The van der Waals surface area contributed by atoms with Crippen molar-refractivity contribution in [1.82, 2.24) is 4.98 Å². The molecule has 0 saturated carbocycles. The molecule has 0 amide bonds. The van der Waals surface area contributed by atoms with Crippen molar-refractivity contribution < 1.29 is 22.7 Å². The Morgan fingerprint density at radius 3 is 2.35 bits per heavy atom. The third-order valence-electron chi connectivity index (χ3n) is 3.67. The topological polar surface area (TPSA) is 65.2 Å². The van der Waals surface area contributed by atoms with Crippen LogP contribution in [0.4, 0.5) is 18.9 Å². The van der Waals surface area contributed by atoms with Crippen molar-refractivity contribution in [1.29, 1.82) is 0 Å². The molecular weight excluding hydrogens is 345 g/mol. The SMILES string of the molecule is Nc1c(C(=O)c2cccnc2)ccc(-c2ccccc2)c1OC(F)(F)F. The van der Waals surface area contributed by atoms with E-state index in [-0.39, 0.29) is 22.4 Å². The normalized spacial score (nSPS) is 11.2. The van der Waals surface area contributed by atoms with Gasteiger partial charge in [-0.3, -0.25) is 9.78 Å². The van der Waals surface area contributed by atoms with Crippen LogP contribution in [-0.2, 0) is 0 Å². The van der Waals surface area contributed by atoms with E-state index in [4.69, 9.17) is 5.73 Å². The third-order valence-corrected chi connectivity index (χ3v) is 3.67. The maximum atomic E-state index is 12.9. The van der Waals surface area contributed by atoms with Gasteiger partial charge in [0.15, 0.2) is 11.5 Å². The molecule has 2 N–H and O–H groups in total. The lowest BCUT2D eigenvalue weighted by Crippen LogP contribution is -2.19. The van der Waals surface area contributed by atoms with E-state index >= 15 is 0 Å². The van der Waals surface area contributed by atoms with Crippen LogP contribution in [0.1, 0.15) is 15.9 Å². The van der Waals surface area contributed by atoms with E-state index in [2.05, 4.69) is 9.72 Å². The van der Waals surface area contributed by atoms with Crippen LogP contribution in [0.5, 0.6) is 5.75 Å². The second kappa shape index (κ2) is 6.87. The van der Waals surface area contributed by atoms with Gasteiger partial charge in [0, 0.05) is 29.1 Å². The fourth-order valence-corrected chi connectivity index (χ4v) is 2.52. The number of hydrogen-bond donors (Lipinski definition) is 1. The molecule has 0 aliphatic carbocycles. The summed E-state index contributed by atoms with van der Waals surface area (Å²) >= 11 is 0. The Bertz CT molecular complexity index is 927. The molecule has 3 aromatic rings. The monoisotopic (exact) mass is 358 g/mol. The number of nitrogens with two attached hydrogens (primary N) is 1. The first-order valence-corrected chi connectivity index (χ1v) is 7.55. The van der Waals surface area contributed by atoms with Gasteiger partial charge in [0.05, 0.1) is 5.69 Å². The van der Waals surface area contributed by atoms with E-state index in [0.717, 1.165) is 0 Å². The molecule has 0 spiro atoms. The van der Waals surface area contributed by atoms with E-state index in [9.17, 15) is 18.0 Å². The standard InChI is InChI=1S/C19H13F3N2O2/c20-19(21,22)26-18-14(12-5-2-1-3-6-12)8-9-15(16(18)23)17(25)13-7-4-10-24-11-13/h1-11H,23H2. The van der Waals surface area contributed by atoms with Crippen LogP contribution in [0.15, 0.2) is 67.0 Å². The number of nitrogen functional groups attached to an aromatic ring is 1. The van der Waals surface area contributed by atoms with E-state index in [1.807, 2.05) is 0 Å². The average molecular weight is 358 g/mol. The lowest BCUT2D eigenvalue weighted by Gasteiger charge is -2.17. The Labute approximate surface area is 147 Å². The molecule has 2 aromatic carbocycles. The Hall–Kier alpha value is -3.35. The quantitative estimate of drug-likeness (QED) is 0.552. The highest BCUT2D eigenvalue weighted by Gasteiger charge is 2.34. The van der Waals surface area contributed by atoms with Crippen LogP contribution in [0.3, 0.4) is 0 Å². The van der Waals surface area contributed by atoms with Gasteiger partial charge in [-0.15, -0.1) is 13.2 Å². The van der Waals surface area contributed by atoms with Crippen molar-refractivity contribution in [2.75, 3.05) is 5.73 Å². The van der Waals surface area contributed by atoms with Gasteiger partial charge in [-0.05, 0) is 29.8 Å². The Morgan fingerprint density at radius 1 is 1.00 bits per heavy atom. The van der Waals surface area contributed by atoms with Crippen molar-refractivity contribution in [2.45, 2.75) is 6.36 Å². The summed E-state index contributed by atoms with van der Waals surface area (Å²) in [6.45, 7) is 0. The fraction of sp³-hybridized carbons (Fsp3) is 0.0526. The number of ether oxygens (including phenoxy) is 1. The molecule has 0 unspecified atom stereocenters. The number of carbonyl (C=O) groups is 1. The van der Waals surface area contributed by atoms with E-state index in [1.165, 1.54) is 30.6 Å². The summed E-state index contributed by atoms with van der Waals surface area (Å²) in [4.78, 5) is 16.4. The van der Waals surface area contributed by atoms with Crippen LogP contribution < -0.4 is 10.5 Å². The third kappa shape index (κ3) is 3.66. The number of alkyl halides is 3. The van der Waals surface area contributed by atoms with Crippen molar-refractivity contribution in [3.63, 3.8) is 0 Å². The molecule has 0 aliphatic rings. The molecule has 26 heavy (non-hydrogen) atoms. The van der Waals surface area contributed by atoms with Crippen LogP contribution >= 0.6 is 0 Å². The lowest BCUT2D eigenvalue weighted by atomic mass is 9.97. The minimum absolute atomic E-state index is 0.0862. The van der Waals surface area contributed by atoms with Crippen molar-refractivity contribution in [2.24, 2.45) is 0 Å². The molecule has 0 radical (unpaired) electrons. The van der Waals surface area contributed by atoms with E-state index < -0.39 is 17.9 Å². The summed E-state index contributed by atoms with van der Waals surface area (Å²) in [6, 6.07) is 14.2. The number of hydrogen-bond acceptors (Lipinski definition) is 4. The summed E-state index contributed by atoms with van der Waals surface area (Å²) in [6.07, 6.45) is -2.15. The highest BCUT2D eigenvalue weighted by molar-refractivity contribution is 6.13. The molecule has 7 heteroatoms. The van der Waals surface area contributed by atoms with Crippen LogP contribution in [-0.4, -0.2) is 17.1 Å². The summed E-state index contributed by atoms with van der Waals surface area (Å²) in [5.41, 5.74) is 6.28. The zero-order valence-corrected chi connectivity index (χ0v) is 13.3.